The van der Waals surface area contributed by atoms with Gasteiger partial charge >= 0.3 is 0 Å². The van der Waals surface area contributed by atoms with Gasteiger partial charge in [-0.2, -0.15) is 0 Å². The highest BCUT2D eigenvalue weighted by Crippen LogP contribution is 2.12. The maximum absolute atomic E-state index is 11.1. The van der Waals surface area contributed by atoms with Gasteiger partial charge in [-0.3, -0.25) is 9.79 Å². The summed E-state index contributed by atoms with van der Waals surface area (Å²) in [6.45, 7) is 3.60. The minimum atomic E-state index is -0.415. The standard InChI is InChI=1S/C19H24N4O.HI/c1-14(16-6-4-3-5-7-16)12-22-19(21-2)23-13-15-8-10-17(11-9-15)18(20)24;/h3-11,14H,12-13H2,1-2H3,(H2,20,24)(H2,21,22,23);1H. The Morgan fingerprint density at radius 1 is 1.08 bits per heavy atom. The van der Waals surface area contributed by atoms with E-state index in [1.807, 2.05) is 18.2 Å². The Labute approximate surface area is 166 Å². The molecule has 134 valence electrons. The molecule has 0 aliphatic carbocycles. The number of carbonyl (C=O) groups excluding carboxylic acids is 1. The second-order valence-corrected chi connectivity index (χ2v) is 5.68. The number of benzene rings is 2. The lowest BCUT2D eigenvalue weighted by Gasteiger charge is -2.16. The van der Waals surface area contributed by atoms with Crippen LogP contribution in [-0.2, 0) is 6.54 Å². The number of guanidine groups is 1. The third-order valence-corrected chi connectivity index (χ3v) is 3.87. The molecule has 5 nitrogen and oxygen atoms in total. The molecule has 1 unspecified atom stereocenters. The number of amides is 1. The van der Waals surface area contributed by atoms with E-state index in [4.69, 9.17) is 5.73 Å². The minimum Gasteiger partial charge on any atom is -0.366 e. The van der Waals surface area contributed by atoms with Crippen molar-refractivity contribution in [2.24, 2.45) is 10.7 Å². The largest absolute Gasteiger partial charge is 0.366 e. The summed E-state index contributed by atoms with van der Waals surface area (Å²) in [5.41, 5.74) is 8.10. The highest BCUT2D eigenvalue weighted by molar-refractivity contribution is 14.0. The Kier molecular flexibility index (Phi) is 8.98. The van der Waals surface area contributed by atoms with Gasteiger partial charge in [-0.25, -0.2) is 0 Å². The van der Waals surface area contributed by atoms with E-state index in [0.717, 1.165) is 18.1 Å². The number of nitrogens with one attached hydrogen (secondary N) is 2. The van der Waals surface area contributed by atoms with Crippen LogP contribution in [0.25, 0.3) is 0 Å². The van der Waals surface area contributed by atoms with E-state index in [1.54, 1.807) is 19.2 Å². The quantitative estimate of drug-likeness (QED) is 0.358. The van der Waals surface area contributed by atoms with Crippen LogP contribution in [0.15, 0.2) is 59.6 Å². The van der Waals surface area contributed by atoms with Crippen LogP contribution >= 0.6 is 24.0 Å². The molecule has 0 aliphatic heterocycles. The van der Waals surface area contributed by atoms with Crippen molar-refractivity contribution in [1.82, 2.24) is 10.6 Å². The number of aliphatic imine (C=N–C) groups is 1. The summed E-state index contributed by atoms with van der Waals surface area (Å²) >= 11 is 0. The zero-order chi connectivity index (χ0) is 17.4. The van der Waals surface area contributed by atoms with Gasteiger partial charge in [0, 0.05) is 25.7 Å². The third kappa shape index (κ3) is 6.74. The van der Waals surface area contributed by atoms with Crippen molar-refractivity contribution >= 4 is 35.8 Å². The van der Waals surface area contributed by atoms with Gasteiger partial charge in [0.2, 0.25) is 5.91 Å². The molecule has 1 atom stereocenters. The van der Waals surface area contributed by atoms with Crippen LogP contribution in [-0.4, -0.2) is 25.5 Å². The van der Waals surface area contributed by atoms with Crippen LogP contribution in [0.5, 0.6) is 0 Å². The van der Waals surface area contributed by atoms with Gasteiger partial charge in [-0.15, -0.1) is 24.0 Å². The average molecular weight is 452 g/mol. The van der Waals surface area contributed by atoms with E-state index >= 15 is 0 Å². The Balaban J connectivity index is 0.00000312. The second-order valence-electron chi connectivity index (χ2n) is 5.68. The lowest BCUT2D eigenvalue weighted by Crippen LogP contribution is -2.38. The first-order valence-corrected chi connectivity index (χ1v) is 7.98. The second kappa shape index (κ2) is 10.7. The first kappa shape index (κ1) is 21.0. The van der Waals surface area contributed by atoms with E-state index in [-0.39, 0.29) is 24.0 Å². The summed E-state index contributed by atoms with van der Waals surface area (Å²) in [4.78, 5) is 15.3. The Bertz CT molecular complexity index is 686. The average Bonchev–Trinajstić information content (AvgIpc) is 2.62. The summed E-state index contributed by atoms with van der Waals surface area (Å²) in [5.74, 6) is 0.721. The highest BCUT2D eigenvalue weighted by Gasteiger charge is 2.06. The molecule has 0 heterocycles. The molecule has 2 aromatic rings. The third-order valence-electron chi connectivity index (χ3n) is 3.87. The lowest BCUT2D eigenvalue weighted by molar-refractivity contribution is 0.100. The zero-order valence-corrected chi connectivity index (χ0v) is 16.9. The number of nitrogens with zero attached hydrogens (tertiary/aromatic N) is 1. The molecule has 2 rings (SSSR count). The van der Waals surface area contributed by atoms with Crippen LogP contribution in [0.1, 0.15) is 34.3 Å². The van der Waals surface area contributed by atoms with Gasteiger partial charge in [0.25, 0.3) is 0 Å². The number of primary amides is 1. The van der Waals surface area contributed by atoms with Crippen molar-refractivity contribution in [3.05, 3.63) is 71.3 Å². The van der Waals surface area contributed by atoms with Crippen molar-refractivity contribution < 1.29 is 4.79 Å². The Morgan fingerprint density at radius 3 is 2.28 bits per heavy atom. The van der Waals surface area contributed by atoms with E-state index in [2.05, 4.69) is 46.8 Å². The summed E-state index contributed by atoms with van der Waals surface area (Å²) in [7, 11) is 1.75. The first-order valence-electron chi connectivity index (χ1n) is 7.98. The molecule has 0 fully saturated rings. The molecule has 0 aliphatic rings. The SMILES string of the molecule is CN=C(NCc1ccc(C(N)=O)cc1)NCC(C)c1ccccc1.I. The van der Waals surface area contributed by atoms with Crippen molar-refractivity contribution in [1.29, 1.82) is 0 Å². The summed E-state index contributed by atoms with van der Waals surface area (Å²) in [6.07, 6.45) is 0. The number of carbonyl (C=O) groups is 1. The maximum atomic E-state index is 11.1. The van der Waals surface area contributed by atoms with Gasteiger partial charge in [-0.05, 0) is 29.2 Å². The van der Waals surface area contributed by atoms with Crippen molar-refractivity contribution in [3.8, 4) is 0 Å². The Hall–Kier alpha value is -2.09. The van der Waals surface area contributed by atoms with E-state index in [1.165, 1.54) is 5.56 Å². The van der Waals surface area contributed by atoms with Gasteiger partial charge < -0.3 is 16.4 Å². The smallest absolute Gasteiger partial charge is 0.248 e. The van der Waals surface area contributed by atoms with Gasteiger partial charge in [0.15, 0.2) is 5.96 Å². The summed E-state index contributed by atoms with van der Waals surface area (Å²) in [5, 5.41) is 6.60. The van der Waals surface area contributed by atoms with E-state index in [0.29, 0.717) is 18.0 Å². The number of hydrogen-bond donors (Lipinski definition) is 3. The predicted octanol–water partition coefficient (Wildman–Crippen LogP) is 2.87. The van der Waals surface area contributed by atoms with Crippen molar-refractivity contribution in [3.63, 3.8) is 0 Å². The molecule has 0 saturated heterocycles. The van der Waals surface area contributed by atoms with Crippen LogP contribution in [0.3, 0.4) is 0 Å². The van der Waals surface area contributed by atoms with Crippen LogP contribution in [0, 0.1) is 0 Å². The normalized spacial score (nSPS) is 12.0. The lowest BCUT2D eigenvalue weighted by atomic mass is 10.0. The fourth-order valence-electron chi connectivity index (χ4n) is 2.34. The molecule has 0 radical (unpaired) electrons. The molecular weight excluding hydrogens is 427 g/mol. The maximum Gasteiger partial charge on any atom is 0.248 e. The molecule has 0 aromatic heterocycles. The number of rotatable bonds is 6. The first-order chi connectivity index (χ1) is 11.6. The Morgan fingerprint density at radius 2 is 1.72 bits per heavy atom. The van der Waals surface area contributed by atoms with Crippen LogP contribution in [0.2, 0.25) is 0 Å². The fraction of sp³-hybridized carbons (Fsp3) is 0.263. The van der Waals surface area contributed by atoms with E-state index < -0.39 is 5.91 Å². The predicted molar refractivity (Wildman–Crippen MR) is 113 cm³/mol. The van der Waals surface area contributed by atoms with Gasteiger partial charge in [0.05, 0.1) is 0 Å². The highest BCUT2D eigenvalue weighted by atomic mass is 127. The molecule has 2 aromatic carbocycles. The monoisotopic (exact) mass is 452 g/mol. The molecule has 0 spiro atoms. The summed E-state index contributed by atoms with van der Waals surface area (Å²) in [6, 6.07) is 17.6. The fourth-order valence-corrected chi connectivity index (χ4v) is 2.34. The molecule has 6 heteroatoms. The molecule has 0 bridgehead atoms. The van der Waals surface area contributed by atoms with Crippen LogP contribution < -0.4 is 16.4 Å². The molecule has 4 N–H and O–H groups in total. The van der Waals surface area contributed by atoms with Crippen LogP contribution in [0.4, 0.5) is 0 Å². The van der Waals surface area contributed by atoms with E-state index in [9.17, 15) is 4.79 Å². The number of halogens is 1. The zero-order valence-electron chi connectivity index (χ0n) is 14.5. The van der Waals surface area contributed by atoms with Gasteiger partial charge in [0.1, 0.15) is 0 Å². The van der Waals surface area contributed by atoms with Crippen molar-refractivity contribution in [2.45, 2.75) is 19.4 Å². The topological polar surface area (TPSA) is 79.5 Å². The molecule has 0 saturated carbocycles. The molecule has 25 heavy (non-hydrogen) atoms. The van der Waals surface area contributed by atoms with Gasteiger partial charge in [-0.1, -0.05) is 49.4 Å². The molecule has 1 amide bonds. The summed E-state index contributed by atoms with van der Waals surface area (Å²) < 4.78 is 0. The van der Waals surface area contributed by atoms with Crippen molar-refractivity contribution in [2.75, 3.05) is 13.6 Å². The molecular formula is C19H25IN4O. The minimum absolute atomic E-state index is 0. The number of hydrogen-bond acceptors (Lipinski definition) is 2. The number of nitrogens with two attached hydrogens (primary N) is 1.